The number of aryl methyl sites for hydroxylation is 1. The first-order valence-electron chi connectivity index (χ1n) is 10.1. The molecule has 0 saturated heterocycles. The fourth-order valence-electron chi connectivity index (χ4n) is 3.02. The zero-order valence-electron chi connectivity index (χ0n) is 18.0. The van der Waals surface area contributed by atoms with Gasteiger partial charge in [0.25, 0.3) is 5.91 Å². The topological polar surface area (TPSA) is 93.2 Å². The van der Waals surface area contributed by atoms with Crippen LogP contribution in [0.15, 0.2) is 48.5 Å². The van der Waals surface area contributed by atoms with E-state index in [0.29, 0.717) is 16.4 Å². The molecule has 2 amide bonds. The molecule has 31 heavy (non-hydrogen) atoms. The minimum Gasteiger partial charge on any atom is -0.497 e. The van der Waals surface area contributed by atoms with Crippen molar-refractivity contribution in [2.24, 2.45) is 5.92 Å². The van der Waals surface area contributed by atoms with Crippen LogP contribution < -0.4 is 15.4 Å². The van der Waals surface area contributed by atoms with Crippen LogP contribution >= 0.6 is 11.3 Å². The summed E-state index contributed by atoms with van der Waals surface area (Å²) in [5.74, 6) is -0.0382. The van der Waals surface area contributed by atoms with E-state index in [1.165, 1.54) is 11.3 Å². The summed E-state index contributed by atoms with van der Waals surface area (Å²) in [6, 6.07) is 14.0. The summed E-state index contributed by atoms with van der Waals surface area (Å²) in [5, 5.41) is 15.1. The summed E-state index contributed by atoms with van der Waals surface area (Å²) < 4.78 is 5.12. The van der Waals surface area contributed by atoms with Crippen molar-refractivity contribution in [3.05, 3.63) is 59.7 Å². The van der Waals surface area contributed by atoms with Crippen molar-refractivity contribution in [3.63, 3.8) is 0 Å². The lowest BCUT2D eigenvalue weighted by atomic mass is 9.98. The molecule has 2 atom stereocenters. The molecule has 2 N–H and O–H groups in total. The number of amides is 2. The van der Waals surface area contributed by atoms with E-state index in [1.54, 1.807) is 31.4 Å². The average molecular weight is 439 g/mol. The molecule has 0 aliphatic carbocycles. The third-order valence-electron chi connectivity index (χ3n) is 5.05. The van der Waals surface area contributed by atoms with Gasteiger partial charge < -0.3 is 10.1 Å². The van der Waals surface area contributed by atoms with Crippen LogP contribution in [0.4, 0.5) is 5.13 Å². The molecule has 0 radical (unpaired) electrons. The highest BCUT2D eigenvalue weighted by molar-refractivity contribution is 7.18. The van der Waals surface area contributed by atoms with E-state index in [4.69, 9.17) is 4.74 Å². The monoisotopic (exact) mass is 438 g/mol. The lowest BCUT2D eigenvalue weighted by Gasteiger charge is -2.23. The molecule has 3 aromatic rings. The number of ether oxygens (including phenoxy) is 1. The van der Waals surface area contributed by atoms with Crippen molar-refractivity contribution in [1.29, 1.82) is 0 Å². The third kappa shape index (κ3) is 5.67. The Labute approximate surface area is 185 Å². The molecule has 3 rings (SSSR count). The van der Waals surface area contributed by atoms with E-state index in [0.717, 1.165) is 22.6 Å². The average Bonchev–Trinajstić information content (AvgIpc) is 3.25. The summed E-state index contributed by atoms with van der Waals surface area (Å²) >= 11 is 1.30. The number of nitrogens with zero attached hydrogens (tertiary/aromatic N) is 2. The maximum atomic E-state index is 13.0. The van der Waals surface area contributed by atoms with Gasteiger partial charge in [-0.15, -0.1) is 10.2 Å². The number of carbonyl (C=O) groups is 2. The summed E-state index contributed by atoms with van der Waals surface area (Å²) in [5.41, 5.74) is 2.53. The highest BCUT2D eigenvalue weighted by Gasteiger charge is 2.27. The predicted octanol–water partition coefficient (Wildman–Crippen LogP) is 4.31. The number of benzene rings is 2. The fraction of sp³-hybridized carbons (Fsp3) is 0.304. The number of aromatic nitrogens is 2. The second-order valence-corrected chi connectivity index (χ2v) is 8.31. The van der Waals surface area contributed by atoms with Crippen molar-refractivity contribution in [2.75, 3.05) is 12.4 Å². The first-order valence-corrected chi connectivity index (χ1v) is 10.9. The standard InChI is InChI=1S/C23H26N4O3S/c1-5-15(3)19(24-20(28)16-9-11-18(30-4)12-10-16)21(29)25-23-27-26-22(31-23)17-8-6-7-14(2)13-17/h6-13,15,19H,5H2,1-4H3,(H,24,28)(H,25,27,29). The van der Waals surface area contributed by atoms with Crippen LogP contribution in [0.2, 0.25) is 0 Å². The molecular formula is C23H26N4O3S. The lowest BCUT2D eigenvalue weighted by molar-refractivity contribution is -0.119. The smallest absolute Gasteiger partial charge is 0.251 e. The molecule has 2 unspecified atom stereocenters. The highest BCUT2D eigenvalue weighted by atomic mass is 32.1. The first-order chi connectivity index (χ1) is 14.9. The molecule has 0 aliphatic rings. The molecular weight excluding hydrogens is 412 g/mol. The molecule has 0 aliphatic heterocycles. The number of rotatable bonds is 8. The van der Waals surface area contributed by atoms with Crippen molar-refractivity contribution in [3.8, 4) is 16.3 Å². The Bertz CT molecular complexity index is 1050. The van der Waals surface area contributed by atoms with E-state index < -0.39 is 6.04 Å². The molecule has 7 nitrogen and oxygen atoms in total. The first kappa shape index (κ1) is 22.4. The molecule has 8 heteroatoms. The molecule has 0 fully saturated rings. The number of carbonyl (C=O) groups excluding carboxylic acids is 2. The van der Waals surface area contributed by atoms with E-state index >= 15 is 0 Å². The van der Waals surface area contributed by atoms with Crippen molar-refractivity contribution >= 4 is 28.3 Å². The normalized spacial score (nSPS) is 12.6. The number of hydrogen-bond donors (Lipinski definition) is 2. The molecule has 162 valence electrons. The number of methoxy groups -OCH3 is 1. The summed E-state index contributed by atoms with van der Waals surface area (Å²) in [4.78, 5) is 25.7. The van der Waals surface area contributed by atoms with Crippen LogP contribution in [0, 0.1) is 12.8 Å². The van der Waals surface area contributed by atoms with E-state index in [-0.39, 0.29) is 17.7 Å². The predicted molar refractivity (Wildman–Crippen MR) is 122 cm³/mol. The van der Waals surface area contributed by atoms with Gasteiger partial charge in [0.15, 0.2) is 0 Å². The van der Waals surface area contributed by atoms with Gasteiger partial charge in [-0.2, -0.15) is 0 Å². The van der Waals surface area contributed by atoms with Gasteiger partial charge in [-0.1, -0.05) is 55.4 Å². The van der Waals surface area contributed by atoms with Crippen LogP contribution in [-0.2, 0) is 4.79 Å². The lowest BCUT2D eigenvalue weighted by Crippen LogP contribution is -2.47. The van der Waals surface area contributed by atoms with E-state index in [9.17, 15) is 9.59 Å². The van der Waals surface area contributed by atoms with Crippen LogP contribution in [0.3, 0.4) is 0 Å². The fourth-order valence-corrected chi connectivity index (χ4v) is 3.76. The second kappa shape index (κ2) is 10.2. The molecule has 0 saturated carbocycles. The molecule has 1 heterocycles. The zero-order chi connectivity index (χ0) is 22.4. The Morgan fingerprint density at radius 2 is 1.87 bits per heavy atom. The maximum Gasteiger partial charge on any atom is 0.251 e. The highest BCUT2D eigenvalue weighted by Crippen LogP contribution is 2.27. The van der Waals surface area contributed by atoms with Crippen molar-refractivity contribution < 1.29 is 14.3 Å². The number of nitrogens with one attached hydrogen (secondary N) is 2. The minimum atomic E-state index is -0.703. The zero-order valence-corrected chi connectivity index (χ0v) is 18.8. The van der Waals surface area contributed by atoms with Gasteiger partial charge in [0.1, 0.15) is 16.8 Å². The SMILES string of the molecule is CCC(C)C(NC(=O)c1ccc(OC)cc1)C(=O)Nc1nnc(-c2cccc(C)c2)s1. The van der Waals surface area contributed by atoms with Gasteiger partial charge in [-0.05, 0) is 43.2 Å². The van der Waals surface area contributed by atoms with Gasteiger partial charge >= 0.3 is 0 Å². The van der Waals surface area contributed by atoms with Gasteiger partial charge in [-0.3, -0.25) is 14.9 Å². The van der Waals surface area contributed by atoms with Gasteiger partial charge in [0, 0.05) is 11.1 Å². The summed E-state index contributed by atoms with van der Waals surface area (Å²) in [6.45, 7) is 5.91. The van der Waals surface area contributed by atoms with Gasteiger partial charge in [0.2, 0.25) is 11.0 Å². The number of hydrogen-bond acceptors (Lipinski definition) is 6. The van der Waals surface area contributed by atoms with E-state index in [1.807, 2.05) is 45.0 Å². The maximum absolute atomic E-state index is 13.0. The second-order valence-electron chi connectivity index (χ2n) is 7.34. The van der Waals surface area contributed by atoms with Crippen molar-refractivity contribution in [1.82, 2.24) is 15.5 Å². The minimum absolute atomic E-state index is 0.0636. The van der Waals surface area contributed by atoms with Crippen molar-refractivity contribution in [2.45, 2.75) is 33.2 Å². The summed E-state index contributed by atoms with van der Waals surface area (Å²) in [6.07, 6.45) is 0.728. The summed E-state index contributed by atoms with van der Waals surface area (Å²) in [7, 11) is 1.57. The Hall–Kier alpha value is -3.26. The van der Waals surface area contributed by atoms with Crippen LogP contribution in [0.5, 0.6) is 5.75 Å². The molecule has 2 aromatic carbocycles. The quantitative estimate of drug-likeness (QED) is 0.547. The molecule has 0 spiro atoms. The van der Waals surface area contributed by atoms with Gasteiger partial charge in [-0.25, -0.2) is 0 Å². The van der Waals surface area contributed by atoms with Gasteiger partial charge in [0.05, 0.1) is 7.11 Å². The molecule has 1 aromatic heterocycles. The Morgan fingerprint density at radius 1 is 1.13 bits per heavy atom. The van der Waals surface area contributed by atoms with Crippen LogP contribution in [-0.4, -0.2) is 35.2 Å². The third-order valence-corrected chi connectivity index (χ3v) is 5.94. The molecule has 0 bridgehead atoms. The Balaban J connectivity index is 1.72. The Morgan fingerprint density at radius 3 is 2.52 bits per heavy atom. The van der Waals surface area contributed by atoms with Crippen LogP contribution in [0.25, 0.3) is 10.6 Å². The van der Waals surface area contributed by atoms with E-state index in [2.05, 4.69) is 20.8 Å². The Kier molecular flexibility index (Phi) is 7.36. The number of anilines is 1. The van der Waals surface area contributed by atoms with Crippen LogP contribution in [0.1, 0.15) is 36.2 Å². The largest absolute Gasteiger partial charge is 0.497 e.